The first kappa shape index (κ1) is 27.0. The van der Waals surface area contributed by atoms with Gasteiger partial charge in [0.25, 0.3) is 5.91 Å². The summed E-state index contributed by atoms with van der Waals surface area (Å²) in [5.74, 6) is -0.509. The van der Waals surface area contributed by atoms with Gasteiger partial charge in [-0.3, -0.25) is 9.59 Å². The summed E-state index contributed by atoms with van der Waals surface area (Å²) in [4.78, 5) is 44.7. The molecule has 0 aliphatic carbocycles. The summed E-state index contributed by atoms with van der Waals surface area (Å²) in [5.41, 5.74) is 3.36. The van der Waals surface area contributed by atoms with Crippen molar-refractivity contribution in [2.45, 2.75) is 19.5 Å². The van der Waals surface area contributed by atoms with E-state index in [1.165, 1.54) is 4.90 Å². The Kier molecular flexibility index (Phi) is 7.84. The number of benzene rings is 3. The second kappa shape index (κ2) is 11.6. The van der Waals surface area contributed by atoms with Gasteiger partial charge in [0.1, 0.15) is 0 Å². The van der Waals surface area contributed by atoms with E-state index in [0.717, 1.165) is 16.9 Å². The molecule has 1 aliphatic heterocycles. The van der Waals surface area contributed by atoms with Gasteiger partial charge in [-0.05, 0) is 55.0 Å². The summed E-state index contributed by atoms with van der Waals surface area (Å²) in [6, 6.07) is 23.0. The normalized spacial score (nSPS) is 14.7. The number of rotatable bonds is 5. The average molecular weight is 557 g/mol. The minimum Gasteiger partial charge on any atom is -0.329 e. The molecule has 4 amide bonds. The number of anilines is 2. The molecule has 0 fully saturated rings. The molecule has 0 bridgehead atoms. The lowest BCUT2D eigenvalue weighted by molar-refractivity contribution is -0.117. The van der Waals surface area contributed by atoms with E-state index >= 15 is 0 Å². The Morgan fingerprint density at radius 1 is 1.02 bits per heavy atom. The zero-order chi connectivity index (χ0) is 28.2. The van der Waals surface area contributed by atoms with Gasteiger partial charge in [0.05, 0.1) is 22.8 Å². The predicted molar refractivity (Wildman–Crippen MR) is 155 cm³/mol. The van der Waals surface area contributed by atoms with Crippen molar-refractivity contribution in [3.8, 4) is 5.69 Å². The van der Waals surface area contributed by atoms with Crippen molar-refractivity contribution in [3.05, 3.63) is 107 Å². The number of likely N-dealkylation sites (N-methyl/N-ethyl adjacent to an activating group) is 1. The van der Waals surface area contributed by atoms with E-state index in [-0.39, 0.29) is 43.5 Å². The first-order valence-electron chi connectivity index (χ1n) is 12.9. The number of nitrogens with one attached hydrogen (secondary N) is 1. The van der Waals surface area contributed by atoms with E-state index < -0.39 is 0 Å². The van der Waals surface area contributed by atoms with Gasteiger partial charge >= 0.3 is 6.03 Å². The number of para-hydroxylation sites is 2. The maximum atomic E-state index is 13.8. The second-order valence-electron chi connectivity index (χ2n) is 9.58. The van der Waals surface area contributed by atoms with Gasteiger partial charge in [0.15, 0.2) is 0 Å². The minimum atomic E-state index is -0.381. The summed E-state index contributed by atoms with van der Waals surface area (Å²) < 4.78 is 1.67. The monoisotopic (exact) mass is 556 g/mol. The molecule has 0 saturated carbocycles. The molecular formula is C30H29ClN6O3. The molecule has 1 aromatic heterocycles. The molecule has 1 aliphatic rings. The Bertz CT molecular complexity index is 1530. The van der Waals surface area contributed by atoms with Crippen LogP contribution in [-0.4, -0.2) is 58.7 Å². The zero-order valence-corrected chi connectivity index (χ0v) is 23.0. The lowest BCUT2D eigenvalue weighted by Crippen LogP contribution is -2.50. The smallest absolute Gasteiger partial charge is 0.318 e. The van der Waals surface area contributed by atoms with Crippen LogP contribution in [0.2, 0.25) is 5.02 Å². The molecule has 5 rings (SSSR count). The van der Waals surface area contributed by atoms with Crippen LogP contribution in [0.15, 0.2) is 91.3 Å². The highest BCUT2D eigenvalue weighted by molar-refractivity contribution is 6.34. The fraction of sp³-hybridized carbons (Fsp3) is 0.200. The minimum absolute atomic E-state index is 0.157. The first-order valence-corrected chi connectivity index (χ1v) is 13.3. The topological polar surface area (TPSA) is 90.8 Å². The van der Waals surface area contributed by atoms with E-state index in [0.29, 0.717) is 16.3 Å². The van der Waals surface area contributed by atoms with E-state index in [9.17, 15) is 14.4 Å². The standard InChI is InChI=1S/C30H29ClN6O3/c1-21-19-36(29(39)25-14-13-24(17-26(25)31)37-16-8-15-33-37)27-12-7-6-9-22(27)20-35(21)30(40)32-18-28(38)34(2)23-10-4-3-5-11-23/h3-17,21H,18-20H2,1-2H3,(H,32,40)/t21-/m1/s1. The molecule has 0 unspecified atom stereocenters. The highest BCUT2D eigenvalue weighted by atomic mass is 35.5. The molecule has 4 aromatic rings. The van der Waals surface area contributed by atoms with Gasteiger partial charge < -0.3 is 20.0 Å². The van der Waals surface area contributed by atoms with Crippen LogP contribution in [0.3, 0.4) is 0 Å². The van der Waals surface area contributed by atoms with Gasteiger partial charge in [0, 0.05) is 49.9 Å². The van der Waals surface area contributed by atoms with E-state index in [2.05, 4.69) is 10.4 Å². The molecule has 0 spiro atoms. The fourth-order valence-electron chi connectivity index (χ4n) is 4.73. The second-order valence-corrected chi connectivity index (χ2v) is 9.99. The maximum absolute atomic E-state index is 13.8. The Hall–Kier alpha value is -4.63. The first-order chi connectivity index (χ1) is 19.3. The largest absolute Gasteiger partial charge is 0.329 e. The SMILES string of the molecule is C[C@@H]1CN(C(=O)c2ccc(-n3cccn3)cc2Cl)c2ccccc2CN1C(=O)NCC(=O)N(C)c1ccccc1. The molecular weight excluding hydrogens is 528 g/mol. The third kappa shape index (κ3) is 5.55. The number of urea groups is 1. The Morgan fingerprint density at radius 2 is 1.77 bits per heavy atom. The van der Waals surface area contributed by atoms with Gasteiger partial charge in [-0.15, -0.1) is 0 Å². The van der Waals surface area contributed by atoms with Crippen LogP contribution in [0.1, 0.15) is 22.8 Å². The quantitative estimate of drug-likeness (QED) is 0.384. The van der Waals surface area contributed by atoms with Crippen LogP contribution in [-0.2, 0) is 11.3 Å². The highest BCUT2D eigenvalue weighted by Gasteiger charge is 2.32. The van der Waals surface area contributed by atoms with Crippen LogP contribution in [0.4, 0.5) is 16.2 Å². The van der Waals surface area contributed by atoms with Crippen LogP contribution in [0, 0.1) is 0 Å². The van der Waals surface area contributed by atoms with Crippen molar-refractivity contribution in [2.24, 2.45) is 0 Å². The Morgan fingerprint density at radius 3 is 2.50 bits per heavy atom. The van der Waals surface area contributed by atoms with Crippen molar-refractivity contribution in [3.63, 3.8) is 0 Å². The molecule has 10 heteroatoms. The predicted octanol–water partition coefficient (Wildman–Crippen LogP) is 4.75. The zero-order valence-electron chi connectivity index (χ0n) is 22.2. The van der Waals surface area contributed by atoms with Crippen molar-refractivity contribution < 1.29 is 14.4 Å². The van der Waals surface area contributed by atoms with Crippen LogP contribution in [0.25, 0.3) is 5.69 Å². The highest BCUT2D eigenvalue weighted by Crippen LogP contribution is 2.30. The number of hydrogen-bond acceptors (Lipinski definition) is 4. The van der Waals surface area contributed by atoms with E-state index in [1.807, 2.05) is 67.6 Å². The summed E-state index contributed by atoms with van der Waals surface area (Å²) in [7, 11) is 1.67. The molecule has 3 aromatic carbocycles. The number of halogens is 1. The number of fused-ring (bicyclic) bond motifs is 1. The Labute approximate surface area is 237 Å². The molecule has 204 valence electrons. The summed E-state index contributed by atoms with van der Waals surface area (Å²) >= 11 is 6.59. The molecule has 0 saturated heterocycles. The number of carbonyl (C=O) groups excluding carboxylic acids is 3. The molecule has 9 nitrogen and oxygen atoms in total. The molecule has 40 heavy (non-hydrogen) atoms. The van der Waals surface area contributed by atoms with Gasteiger partial charge in [0.2, 0.25) is 5.91 Å². The molecule has 0 radical (unpaired) electrons. The average Bonchev–Trinajstić information content (AvgIpc) is 3.47. The van der Waals surface area contributed by atoms with Crippen molar-refractivity contribution in [1.82, 2.24) is 20.0 Å². The van der Waals surface area contributed by atoms with Crippen LogP contribution < -0.4 is 15.1 Å². The summed E-state index contributed by atoms with van der Waals surface area (Å²) in [6.07, 6.45) is 3.47. The number of nitrogens with zero attached hydrogens (tertiary/aromatic N) is 5. The summed E-state index contributed by atoms with van der Waals surface area (Å²) in [6.45, 7) is 2.25. The number of amides is 4. The number of carbonyl (C=O) groups is 3. The van der Waals surface area contributed by atoms with Gasteiger partial charge in [-0.1, -0.05) is 48.0 Å². The lowest BCUT2D eigenvalue weighted by Gasteiger charge is -2.29. The lowest BCUT2D eigenvalue weighted by atomic mass is 10.1. The molecule has 1 atom stereocenters. The van der Waals surface area contributed by atoms with Crippen LogP contribution in [0.5, 0.6) is 0 Å². The van der Waals surface area contributed by atoms with E-state index in [1.54, 1.807) is 52.1 Å². The van der Waals surface area contributed by atoms with Gasteiger partial charge in [-0.25, -0.2) is 9.48 Å². The van der Waals surface area contributed by atoms with E-state index in [4.69, 9.17) is 11.6 Å². The molecule has 2 heterocycles. The van der Waals surface area contributed by atoms with Crippen LogP contribution >= 0.6 is 11.6 Å². The number of aromatic nitrogens is 2. The number of hydrogen-bond donors (Lipinski definition) is 1. The third-order valence-electron chi connectivity index (χ3n) is 6.97. The molecule has 1 N–H and O–H groups in total. The van der Waals surface area contributed by atoms with Crippen molar-refractivity contribution >= 4 is 40.8 Å². The third-order valence-corrected chi connectivity index (χ3v) is 7.28. The van der Waals surface area contributed by atoms with Crippen molar-refractivity contribution in [2.75, 3.05) is 29.9 Å². The maximum Gasteiger partial charge on any atom is 0.318 e. The van der Waals surface area contributed by atoms with Crippen molar-refractivity contribution in [1.29, 1.82) is 0 Å². The summed E-state index contributed by atoms with van der Waals surface area (Å²) in [5, 5.41) is 7.28. The Balaban J connectivity index is 1.33. The van der Waals surface area contributed by atoms with Gasteiger partial charge in [-0.2, -0.15) is 5.10 Å². The fourth-order valence-corrected chi connectivity index (χ4v) is 4.98.